The van der Waals surface area contributed by atoms with Crippen LogP contribution in [0.5, 0.6) is 11.5 Å². The molecule has 5 heteroatoms. The fourth-order valence-corrected chi connectivity index (χ4v) is 4.08. The third-order valence-corrected chi connectivity index (χ3v) is 5.62. The molecule has 0 amide bonds. The first-order valence-electron chi connectivity index (χ1n) is 10.6. The van der Waals surface area contributed by atoms with Crippen molar-refractivity contribution in [2.45, 2.75) is 6.92 Å². The summed E-state index contributed by atoms with van der Waals surface area (Å²) in [5, 5.41) is 18.7. The number of hydrogen-bond donors (Lipinski definition) is 3. The molecule has 0 saturated carbocycles. The number of likely N-dealkylation sites (N-methyl/N-ethyl adjacent to an activating group) is 1. The largest absolute Gasteiger partial charge is 0.453 e. The van der Waals surface area contributed by atoms with Gasteiger partial charge < -0.3 is 25.4 Å². The highest BCUT2D eigenvalue weighted by Gasteiger charge is 2.22. The van der Waals surface area contributed by atoms with E-state index >= 15 is 0 Å². The highest BCUT2D eigenvalue weighted by Crippen LogP contribution is 2.48. The zero-order chi connectivity index (χ0) is 21.2. The Bertz CT molecular complexity index is 1220. The van der Waals surface area contributed by atoms with Crippen molar-refractivity contribution in [3.8, 4) is 11.5 Å². The first-order valence-corrected chi connectivity index (χ1v) is 10.6. The van der Waals surface area contributed by atoms with E-state index in [0.717, 1.165) is 57.3 Å². The van der Waals surface area contributed by atoms with Crippen LogP contribution in [0.4, 0.5) is 28.4 Å². The van der Waals surface area contributed by atoms with Crippen molar-refractivity contribution in [3.63, 3.8) is 0 Å². The molecule has 0 saturated heterocycles. The van der Waals surface area contributed by atoms with E-state index in [2.05, 4.69) is 64.9 Å². The molecule has 1 aliphatic heterocycles. The Hall–Kier alpha value is -3.70. The molecular formula is C26H25N3O2. The van der Waals surface area contributed by atoms with Crippen molar-refractivity contribution < 1.29 is 9.84 Å². The van der Waals surface area contributed by atoms with Gasteiger partial charge in [-0.05, 0) is 31.2 Å². The minimum Gasteiger partial charge on any atom is -0.453 e. The number of para-hydroxylation sites is 1. The molecule has 0 aromatic heterocycles. The summed E-state index contributed by atoms with van der Waals surface area (Å²) in [6, 6.07) is 26.7. The lowest BCUT2D eigenvalue weighted by Crippen LogP contribution is -2.26. The molecule has 0 spiro atoms. The summed E-state index contributed by atoms with van der Waals surface area (Å²) in [5.41, 5.74) is 4.96. The van der Waals surface area contributed by atoms with Crippen LogP contribution in [0.15, 0.2) is 78.9 Å². The smallest absolute Gasteiger partial charge is 0.153 e. The lowest BCUT2D eigenvalue weighted by Gasteiger charge is -2.27. The van der Waals surface area contributed by atoms with Gasteiger partial charge in [-0.15, -0.1) is 0 Å². The molecule has 1 heterocycles. The number of fused-ring (bicyclic) bond motifs is 4. The van der Waals surface area contributed by atoms with E-state index in [-0.39, 0.29) is 6.61 Å². The Morgan fingerprint density at radius 1 is 0.903 bits per heavy atom. The van der Waals surface area contributed by atoms with Crippen LogP contribution in [0, 0.1) is 0 Å². The number of rotatable bonds is 6. The van der Waals surface area contributed by atoms with Crippen molar-refractivity contribution in [2.75, 3.05) is 35.2 Å². The number of nitrogens with one attached hydrogen (secondary N) is 2. The summed E-state index contributed by atoms with van der Waals surface area (Å²) in [5.74, 6) is 1.56. The van der Waals surface area contributed by atoms with Gasteiger partial charge in [-0.25, -0.2) is 0 Å². The van der Waals surface area contributed by atoms with Crippen molar-refractivity contribution in [2.24, 2.45) is 0 Å². The van der Waals surface area contributed by atoms with Crippen LogP contribution < -0.4 is 20.3 Å². The zero-order valence-electron chi connectivity index (χ0n) is 17.4. The summed E-state index contributed by atoms with van der Waals surface area (Å²) in [6.45, 7) is 3.61. The molecule has 5 nitrogen and oxygen atoms in total. The molecule has 0 radical (unpaired) electrons. The van der Waals surface area contributed by atoms with Gasteiger partial charge in [0.25, 0.3) is 0 Å². The standard InChI is InChI=1S/C26H25N3O2/c1-2-29(14-15-30)19-12-13-22-24(16-19)31-25-17-23(27-18-8-4-3-5-9-18)20-10-6-7-11-21(20)26(25)28-22/h3-13,16-17,27-28,30H,2,14-15H2,1H3. The third-order valence-electron chi connectivity index (χ3n) is 5.62. The van der Waals surface area contributed by atoms with Gasteiger partial charge in [0.15, 0.2) is 11.5 Å². The monoisotopic (exact) mass is 411 g/mol. The first kappa shape index (κ1) is 19.3. The second-order valence-electron chi connectivity index (χ2n) is 7.54. The molecule has 156 valence electrons. The van der Waals surface area contributed by atoms with Crippen molar-refractivity contribution in [3.05, 3.63) is 78.9 Å². The van der Waals surface area contributed by atoms with Gasteiger partial charge in [-0.1, -0.05) is 42.5 Å². The Kier molecular flexibility index (Phi) is 5.10. The lowest BCUT2D eigenvalue weighted by molar-refractivity contribution is 0.302. The van der Waals surface area contributed by atoms with E-state index in [1.54, 1.807) is 0 Å². The number of hydrogen-bond acceptors (Lipinski definition) is 5. The Morgan fingerprint density at radius 2 is 1.68 bits per heavy atom. The number of ether oxygens (including phenoxy) is 1. The van der Waals surface area contributed by atoms with Gasteiger partial charge >= 0.3 is 0 Å². The zero-order valence-corrected chi connectivity index (χ0v) is 17.4. The van der Waals surface area contributed by atoms with Crippen LogP contribution in [-0.2, 0) is 0 Å². The molecular weight excluding hydrogens is 386 g/mol. The third kappa shape index (κ3) is 3.64. The average Bonchev–Trinajstić information content (AvgIpc) is 2.82. The molecule has 4 aromatic rings. The fourth-order valence-electron chi connectivity index (χ4n) is 4.08. The number of aliphatic hydroxyl groups is 1. The number of anilines is 5. The molecule has 0 atom stereocenters. The van der Waals surface area contributed by atoms with Gasteiger partial charge in [0, 0.05) is 47.4 Å². The molecule has 3 N–H and O–H groups in total. The molecule has 31 heavy (non-hydrogen) atoms. The van der Waals surface area contributed by atoms with Crippen LogP contribution in [0.1, 0.15) is 6.92 Å². The van der Waals surface area contributed by atoms with Gasteiger partial charge in [-0.3, -0.25) is 0 Å². The van der Waals surface area contributed by atoms with Crippen LogP contribution in [0.3, 0.4) is 0 Å². The SMILES string of the molecule is CCN(CCO)c1ccc2c(c1)Oc1cc(Nc3ccccc3)c3ccccc3c1N2. The van der Waals surface area contributed by atoms with Crippen LogP contribution in [0.2, 0.25) is 0 Å². The lowest BCUT2D eigenvalue weighted by atomic mass is 10.0. The molecule has 0 bridgehead atoms. The maximum absolute atomic E-state index is 9.36. The van der Waals surface area contributed by atoms with Gasteiger partial charge in [-0.2, -0.15) is 0 Å². The van der Waals surface area contributed by atoms with E-state index in [9.17, 15) is 5.11 Å². The molecule has 0 fully saturated rings. The topological polar surface area (TPSA) is 56.8 Å². The quantitative estimate of drug-likeness (QED) is 0.308. The van der Waals surface area contributed by atoms with Crippen LogP contribution in [-0.4, -0.2) is 24.8 Å². The average molecular weight is 412 g/mol. The number of benzene rings is 4. The van der Waals surface area contributed by atoms with Crippen molar-refractivity contribution >= 4 is 39.2 Å². The highest BCUT2D eigenvalue weighted by atomic mass is 16.5. The highest BCUT2D eigenvalue weighted by molar-refractivity contribution is 6.07. The second-order valence-corrected chi connectivity index (χ2v) is 7.54. The molecule has 1 aliphatic rings. The van der Waals surface area contributed by atoms with Gasteiger partial charge in [0.1, 0.15) is 0 Å². The van der Waals surface area contributed by atoms with E-state index < -0.39 is 0 Å². The normalized spacial score (nSPS) is 11.8. The fraction of sp³-hybridized carbons (Fsp3) is 0.154. The number of nitrogens with zero attached hydrogens (tertiary/aromatic N) is 1. The van der Waals surface area contributed by atoms with Crippen molar-refractivity contribution in [1.82, 2.24) is 0 Å². The maximum Gasteiger partial charge on any atom is 0.153 e. The summed E-state index contributed by atoms with van der Waals surface area (Å²) >= 11 is 0. The summed E-state index contributed by atoms with van der Waals surface area (Å²) in [4.78, 5) is 2.13. The molecule has 0 unspecified atom stereocenters. The first-order chi connectivity index (χ1) is 15.3. The Labute approximate surface area is 181 Å². The summed E-state index contributed by atoms with van der Waals surface area (Å²) in [6.07, 6.45) is 0. The minimum atomic E-state index is 0.118. The maximum atomic E-state index is 9.36. The van der Waals surface area contributed by atoms with E-state index in [0.29, 0.717) is 6.54 Å². The Morgan fingerprint density at radius 3 is 2.45 bits per heavy atom. The predicted octanol–water partition coefficient (Wildman–Crippen LogP) is 6.25. The number of aliphatic hydroxyl groups excluding tert-OH is 1. The van der Waals surface area contributed by atoms with E-state index in [1.807, 2.05) is 36.4 Å². The minimum absolute atomic E-state index is 0.118. The van der Waals surface area contributed by atoms with Gasteiger partial charge in [0.05, 0.1) is 23.7 Å². The summed E-state index contributed by atoms with van der Waals surface area (Å²) < 4.78 is 6.39. The van der Waals surface area contributed by atoms with Crippen molar-refractivity contribution in [1.29, 1.82) is 0 Å². The van der Waals surface area contributed by atoms with Crippen LogP contribution in [0.25, 0.3) is 10.8 Å². The van der Waals surface area contributed by atoms with Gasteiger partial charge in [0.2, 0.25) is 0 Å². The molecule has 5 rings (SSSR count). The predicted molar refractivity (Wildman–Crippen MR) is 128 cm³/mol. The van der Waals surface area contributed by atoms with Crippen LogP contribution >= 0.6 is 0 Å². The molecule has 0 aliphatic carbocycles. The van der Waals surface area contributed by atoms with E-state index in [4.69, 9.17) is 4.74 Å². The Balaban J connectivity index is 1.56. The summed E-state index contributed by atoms with van der Waals surface area (Å²) in [7, 11) is 0. The second kappa shape index (κ2) is 8.20. The molecule has 4 aromatic carbocycles. The van der Waals surface area contributed by atoms with E-state index in [1.165, 1.54) is 0 Å².